The van der Waals surface area contributed by atoms with E-state index in [1.165, 1.54) is 0 Å². The molecule has 2 heterocycles. The number of hydrogen-bond donors (Lipinski definition) is 1. The maximum Gasteiger partial charge on any atom is 0.343 e. The maximum atomic E-state index is 13.2. The Morgan fingerprint density at radius 3 is 2.41 bits per heavy atom. The van der Waals surface area contributed by atoms with Crippen molar-refractivity contribution >= 4 is 5.97 Å². The Balaban J connectivity index is 0.00000210. The summed E-state index contributed by atoms with van der Waals surface area (Å²) in [7, 11) is 0. The minimum absolute atomic E-state index is 0. The van der Waals surface area contributed by atoms with E-state index >= 15 is 0 Å². The van der Waals surface area contributed by atoms with E-state index in [0.29, 0.717) is 5.56 Å². The van der Waals surface area contributed by atoms with E-state index in [2.05, 4.69) is 0 Å². The van der Waals surface area contributed by atoms with Crippen molar-refractivity contribution in [3.05, 3.63) is 35.9 Å². The van der Waals surface area contributed by atoms with Crippen molar-refractivity contribution in [3.8, 4) is 0 Å². The monoisotopic (exact) mass is 395 g/mol. The number of nitrogens with zero attached hydrogens (tertiary/aromatic N) is 1. The fraction of sp³-hybridized carbons (Fsp3) is 0.667. The Hall–Kier alpha value is -1.14. The second kappa shape index (κ2) is 8.48. The summed E-state index contributed by atoms with van der Waals surface area (Å²) in [6.07, 6.45) is 4.66. The molecule has 1 N–H and O–H groups in total. The highest BCUT2D eigenvalue weighted by atomic mass is 35.5. The first-order chi connectivity index (χ1) is 12.6. The third-order valence-corrected chi connectivity index (χ3v) is 6.68. The summed E-state index contributed by atoms with van der Waals surface area (Å²) >= 11 is 0. The molecule has 1 aromatic rings. The van der Waals surface area contributed by atoms with E-state index in [4.69, 9.17) is 9.47 Å². The van der Waals surface area contributed by atoms with Gasteiger partial charge in [0.25, 0.3) is 0 Å². The van der Waals surface area contributed by atoms with E-state index in [0.717, 1.165) is 76.0 Å². The lowest BCUT2D eigenvalue weighted by Crippen LogP contribution is -3.00. The highest BCUT2D eigenvalue weighted by Gasteiger charge is 2.50. The summed E-state index contributed by atoms with van der Waals surface area (Å²) in [5.41, 5.74) is -0.846. The zero-order chi connectivity index (χ0) is 18.0. The summed E-state index contributed by atoms with van der Waals surface area (Å²) in [5.74, 6) is -0.501. The van der Waals surface area contributed by atoms with Crippen molar-refractivity contribution in [3.63, 3.8) is 0 Å². The molecule has 0 bridgehead atoms. The van der Waals surface area contributed by atoms with Crippen LogP contribution < -0.4 is 12.4 Å². The summed E-state index contributed by atoms with van der Waals surface area (Å²) < 4.78 is 12.4. The topological polar surface area (TPSA) is 55.8 Å². The van der Waals surface area contributed by atoms with Crippen molar-refractivity contribution in [2.45, 2.75) is 43.8 Å². The molecule has 27 heavy (non-hydrogen) atoms. The minimum atomic E-state index is -1.52. The number of halogens is 1. The van der Waals surface area contributed by atoms with Gasteiger partial charge in [-0.3, -0.25) is 0 Å². The van der Waals surface area contributed by atoms with Crippen LogP contribution in [-0.2, 0) is 19.9 Å². The van der Waals surface area contributed by atoms with Crippen LogP contribution in [0, 0.1) is 5.92 Å². The number of carbonyl (C=O) groups excluding carboxylic acids is 1. The molecule has 0 amide bonds. The standard InChI is InChI=1S/C21H30NO4.ClH/c23-20(26-19-10-11-22(16-19)12-14-25-15-13-22)21(24,18-8-4-5-9-18)17-6-2-1-3-7-17;/h1-3,6-7,18-19,24H,4-5,8-16H2;1H/q+1;/p-1. The number of carbonyl (C=O) groups is 1. The molecule has 2 atom stereocenters. The van der Waals surface area contributed by atoms with Crippen LogP contribution in [0.25, 0.3) is 0 Å². The number of quaternary nitrogens is 1. The molecule has 2 saturated heterocycles. The maximum absolute atomic E-state index is 13.2. The van der Waals surface area contributed by atoms with Crippen molar-refractivity contribution in [1.29, 1.82) is 0 Å². The van der Waals surface area contributed by atoms with Crippen LogP contribution in [0.1, 0.15) is 37.7 Å². The third-order valence-electron chi connectivity index (χ3n) is 6.68. The van der Waals surface area contributed by atoms with Gasteiger partial charge < -0.3 is 31.5 Å². The summed E-state index contributed by atoms with van der Waals surface area (Å²) in [6, 6.07) is 9.37. The zero-order valence-electron chi connectivity index (χ0n) is 15.8. The Labute approximate surface area is 167 Å². The molecule has 2 unspecified atom stereocenters. The quantitative estimate of drug-likeness (QED) is 0.537. The van der Waals surface area contributed by atoms with Crippen molar-refractivity contribution in [2.24, 2.45) is 5.92 Å². The van der Waals surface area contributed by atoms with Crippen LogP contribution in [0.4, 0.5) is 0 Å². The molecule has 6 heteroatoms. The molecule has 1 aliphatic carbocycles. The predicted molar refractivity (Wildman–Crippen MR) is 97.3 cm³/mol. The molecule has 150 valence electrons. The van der Waals surface area contributed by atoms with Gasteiger partial charge in [-0.05, 0) is 18.4 Å². The number of morpholine rings is 1. The van der Waals surface area contributed by atoms with Gasteiger partial charge in [0.2, 0.25) is 0 Å². The van der Waals surface area contributed by atoms with Crippen LogP contribution in [0.5, 0.6) is 0 Å². The molecule has 3 aliphatic rings. The van der Waals surface area contributed by atoms with Gasteiger partial charge in [-0.25, -0.2) is 4.79 Å². The smallest absolute Gasteiger partial charge is 0.343 e. The number of rotatable bonds is 4. The summed E-state index contributed by atoms with van der Waals surface area (Å²) in [6.45, 7) is 5.46. The van der Waals surface area contributed by atoms with Crippen LogP contribution in [0.15, 0.2) is 30.3 Å². The lowest BCUT2D eigenvalue weighted by molar-refractivity contribution is -0.925. The van der Waals surface area contributed by atoms with Gasteiger partial charge in [-0.2, -0.15) is 0 Å². The normalized spacial score (nSPS) is 27.1. The first kappa shape index (κ1) is 20.6. The highest BCUT2D eigenvalue weighted by Crippen LogP contribution is 2.42. The first-order valence-corrected chi connectivity index (χ1v) is 10.0. The Kier molecular flexibility index (Phi) is 6.46. The number of hydrogen-bond acceptors (Lipinski definition) is 4. The molecular formula is C21H30ClNO4. The van der Waals surface area contributed by atoms with E-state index in [1.807, 2.05) is 30.3 Å². The zero-order valence-corrected chi connectivity index (χ0v) is 16.6. The summed E-state index contributed by atoms with van der Waals surface area (Å²) in [4.78, 5) is 13.2. The van der Waals surface area contributed by atoms with Crippen LogP contribution in [0.2, 0.25) is 0 Å². The van der Waals surface area contributed by atoms with Gasteiger partial charge >= 0.3 is 5.97 Å². The van der Waals surface area contributed by atoms with E-state index < -0.39 is 11.6 Å². The largest absolute Gasteiger partial charge is 1.00 e. The molecular weight excluding hydrogens is 366 g/mol. The van der Waals surface area contributed by atoms with Crippen LogP contribution in [-0.4, -0.2) is 61.1 Å². The Morgan fingerprint density at radius 1 is 1.07 bits per heavy atom. The molecule has 3 fully saturated rings. The molecule has 5 nitrogen and oxygen atoms in total. The average Bonchev–Trinajstić information content (AvgIpc) is 3.34. The van der Waals surface area contributed by atoms with Gasteiger partial charge in [0.1, 0.15) is 19.6 Å². The van der Waals surface area contributed by atoms with Gasteiger partial charge in [0.15, 0.2) is 11.7 Å². The summed E-state index contributed by atoms with van der Waals surface area (Å²) in [5, 5.41) is 11.5. The third kappa shape index (κ3) is 4.02. The van der Waals surface area contributed by atoms with E-state index in [1.54, 1.807) is 0 Å². The van der Waals surface area contributed by atoms with Gasteiger partial charge in [0, 0.05) is 12.3 Å². The second-order valence-electron chi connectivity index (χ2n) is 8.24. The Bertz CT molecular complexity index is 628. The van der Waals surface area contributed by atoms with Crippen molar-refractivity contribution in [2.75, 3.05) is 39.4 Å². The fourth-order valence-electron chi connectivity index (χ4n) is 5.06. The van der Waals surface area contributed by atoms with Gasteiger partial charge in [0.05, 0.1) is 19.8 Å². The number of esters is 1. The number of ether oxygens (including phenoxy) is 2. The Morgan fingerprint density at radius 2 is 1.74 bits per heavy atom. The van der Waals surface area contributed by atoms with Crippen molar-refractivity contribution in [1.82, 2.24) is 0 Å². The van der Waals surface area contributed by atoms with Crippen LogP contribution >= 0.6 is 0 Å². The lowest BCUT2D eigenvalue weighted by atomic mass is 9.80. The fourth-order valence-corrected chi connectivity index (χ4v) is 5.06. The molecule has 1 saturated carbocycles. The molecule has 1 aromatic carbocycles. The molecule has 2 aliphatic heterocycles. The number of aliphatic hydroxyl groups is 1. The molecule has 0 aromatic heterocycles. The molecule has 1 spiro atoms. The second-order valence-corrected chi connectivity index (χ2v) is 8.24. The van der Waals surface area contributed by atoms with E-state index in [-0.39, 0.29) is 24.4 Å². The molecule has 0 radical (unpaired) electrons. The van der Waals surface area contributed by atoms with Gasteiger partial charge in [-0.15, -0.1) is 0 Å². The van der Waals surface area contributed by atoms with Crippen molar-refractivity contribution < 1.29 is 36.3 Å². The number of benzene rings is 1. The van der Waals surface area contributed by atoms with E-state index in [9.17, 15) is 9.90 Å². The molecule has 4 rings (SSSR count). The SMILES string of the molecule is O=C(OC1CC[N+]2(CCOCC2)C1)C(O)(c1ccccc1)C1CCCC1.[Cl-]. The van der Waals surface area contributed by atoms with Gasteiger partial charge in [-0.1, -0.05) is 43.2 Å². The predicted octanol–water partition coefficient (Wildman–Crippen LogP) is -0.769. The first-order valence-electron chi connectivity index (χ1n) is 10.0. The lowest BCUT2D eigenvalue weighted by Gasteiger charge is -2.37. The van der Waals surface area contributed by atoms with Crippen LogP contribution in [0.3, 0.4) is 0 Å². The average molecular weight is 396 g/mol. The highest BCUT2D eigenvalue weighted by molar-refractivity contribution is 5.81. The minimum Gasteiger partial charge on any atom is -1.00 e.